The summed E-state index contributed by atoms with van der Waals surface area (Å²) in [7, 11) is 0. The first kappa shape index (κ1) is 14.8. The lowest BCUT2D eigenvalue weighted by Crippen LogP contribution is -2.31. The first-order chi connectivity index (χ1) is 10.5. The van der Waals surface area contributed by atoms with Crippen molar-refractivity contribution in [1.82, 2.24) is 5.32 Å². The van der Waals surface area contributed by atoms with Gasteiger partial charge in [0.15, 0.2) is 23.0 Å². The van der Waals surface area contributed by atoms with E-state index in [2.05, 4.69) is 5.32 Å². The van der Waals surface area contributed by atoms with Gasteiger partial charge < -0.3 is 25.7 Å². The van der Waals surface area contributed by atoms with Crippen LogP contribution < -0.4 is 5.32 Å². The van der Waals surface area contributed by atoms with E-state index in [0.717, 1.165) is 16.7 Å². The third kappa shape index (κ3) is 2.53. The van der Waals surface area contributed by atoms with E-state index >= 15 is 0 Å². The summed E-state index contributed by atoms with van der Waals surface area (Å²) in [5, 5.41) is 42.0. The van der Waals surface area contributed by atoms with Gasteiger partial charge in [-0.25, -0.2) is 0 Å². The number of rotatable bonds is 2. The predicted molar refractivity (Wildman–Crippen MR) is 82.7 cm³/mol. The number of phenols is 4. The van der Waals surface area contributed by atoms with E-state index in [9.17, 15) is 20.4 Å². The normalized spacial score (nSPS) is 17.2. The van der Waals surface area contributed by atoms with Gasteiger partial charge in [0.25, 0.3) is 0 Å². The molecule has 116 valence electrons. The monoisotopic (exact) mass is 321 g/mol. The maximum atomic E-state index is 9.79. The number of hydrogen-bond acceptors (Lipinski definition) is 5. The molecule has 0 spiro atoms. The molecule has 0 amide bonds. The number of phenolic OH excluding ortho intramolecular Hbond substituents is 4. The summed E-state index contributed by atoms with van der Waals surface area (Å²) >= 11 is 6.12. The second-order valence-corrected chi connectivity index (χ2v) is 5.79. The van der Waals surface area contributed by atoms with Gasteiger partial charge in [-0.15, -0.1) is 0 Å². The molecule has 0 bridgehead atoms. The minimum absolute atomic E-state index is 0.100. The van der Waals surface area contributed by atoms with Crippen molar-refractivity contribution in [2.45, 2.75) is 18.9 Å². The van der Waals surface area contributed by atoms with Crippen LogP contribution in [0.25, 0.3) is 0 Å². The molecule has 2 aromatic carbocycles. The van der Waals surface area contributed by atoms with Crippen LogP contribution in [0.2, 0.25) is 5.02 Å². The Bertz CT molecular complexity index is 733. The molecule has 1 atom stereocenters. The fraction of sp³-hybridized carbons (Fsp3) is 0.250. The molecule has 5 nitrogen and oxygen atoms in total. The average molecular weight is 322 g/mol. The Morgan fingerprint density at radius 1 is 1.05 bits per heavy atom. The van der Waals surface area contributed by atoms with Crippen LogP contribution in [-0.4, -0.2) is 27.0 Å². The molecule has 1 aliphatic heterocycles. The lowest BCUT2D eigenvalue weighted by molar-refractivity contribution is 0.397. The smallest absolute Gasteiger partial charge is 0.176 e. The second kappa shape index (κ2) is 5.59. The number of nitrogens with one attached hydrogen (secondary N) is 1. The molecule has 5 N–H and O–H groups in total. The van der Waals surface area contributed by atoms with Gasteiger partial charge in [0, 0.05) is 6.04 Å². The highest BCUT2D eigenvalue weighted by atomic mass is 35.5. The van der Waals surface area contributed by atoms with Crippen LogP contribution in [0.1, 0.15) is 22.7 Å². The van der Waals surface area contributed by atoms with E-state index in [1.807, 2.05) is 0 Å². The zero-order valence-corrected chi connectivity index (χ0v) is 12.4. The van der Waals surface area contributed by atoms with Gasteiger partial charge in [-0.05, 0) is 54.3 Å². The quantitative estimate of drug-likeness (QED) is 0.548. The molecule has 2 aromatic rings. The lowest BCUT2D eigenvalue weighted by Gasteiger charge is -2.28. The topological polar surface area (TPSA) is 93.0 Å². The second-order valence-electron chi connectivity index (χ2n) is 5.41. The average Bonchev–Trinajstić information content (AvgIpc) is 2.50. The molecule has 0 saturated carbocycles. The van der Waals surface area contributed by atoms with Crippen molar-refractivity contribution in [2.75, 3.05) is 6.54 Å². The van der Waals surface area contributed by atoms with E-state index in [0.29, 0.717) is 19.4 Å². The van der Waals surface area contributed by atoms with Crippen molar-refractivity contribution in [2.24, 2.45) is 0 Å². The van der Waals surface area contributed by atoms with Crippen LogP contribution in [0.15, 0.2) is 24.3 Å². The van der Waals surface area contributed by atoms with E-state index < -0.39 is 0 Å². The van der Waals surface area contributed by atoms with Crippen molar-refractivity contribution in [3.63, 3.8) is 0 Å². The third-order valence-corrected chi connectivity index (χ3v) is 4.38. The van der Waals surface area contributed by atoms with Crippen LogP contribution >= 0.6 is 11.6 Å². The number of benzene rings is 2. The Kier molecular flexibility index (Phi) is 3.76. The van der Waals surface area contributed by atoms with Crippen molar-refractivity contribution >= 4 is 11.6 Å². The molecular weight excluding hydrogens is 306 g/mol. The minimum atomic E-state index is -0.289. The molecule has 0 aromatic heterocycles. The van der Waals surface area contributed by atoms with Crippen LogP contribution in [-0.2, 0) is 12.8 Å². The highest BCUT2D eigenvalue weighted by molar-refractivity contribution is 6.33. The fourth-order valence-electron chi connectivity index (χ4n) is 2.85. The van der Waals surface area contributed by atoms with Gasteiger partial charge in [0.05, 0.1) is 5.02 Å². The summed E-state index contributed by atoms with van der Waals surface area (Å²) in [5.74, 6) is -0.860. The van der Waals surface area contributed by atoms with Gasteiger partial charge in [-0.2, -0.15) is 0 Å². The molecular formula is C16H16ClNO4. The third-order valence-electron chi connectivity index (χ3n) is 3.98. The summed E-state index contributed by atoms with van der Waals surface area (Å²) in [6.45, 7) is 0.700. The first-order valence-corrected chi connectivity index (χ1v) is 7.32. The predicted octanol–water partition coefficient (Wildman–Crippen LogP) is 2.59. The summed E-state index contributed by atoms with van der Waals surface area (Å²) in [6, 6.07) is 6.10. The van der Waals surface area contributed by atoms with Gasteiger partial charge in [-0.3, -0.25) is 0 Å². The fourth-order valence-corrected chi connectivity index (χ4v) is 3.15. The van der Waals surface area contributed by atoms with Crippen LogP contribution in [0.5, 0.6) is 23.0 Å². The molecule has 6 heteroatoms. The number of fused-ring (bicyclic) bond motifs is 1. The van der Waals surface area contributed by atoms with Crippen molar-refractivity contribution < 1.29 is 20.4 Å². The van der Waals surface area contributed by atoms with Gasteiger partial charge in [0.2, 0.25) is 0 Å². The highest BCUT2D eigenvalue weighted by Crippen LogP contribution is 2.42. The van der Waals surface area contributed by atoms with Crippen LogP contribution in [0.3, 0.4) is 0 Å². The van der Waals surface area contributed by atoms with E-state index in [4.69, 9.17) is 11.6 Å². The van der Waals surface area contributed by atoms with E-state index in [-0.39, 0.29) is 34.1 Å². The standard InChI is InChI=1S/C16H16ClNO4/c17-15-9-3-4-18-11(10(9)7-14(21)16(15)22)5-8-1-2-12(19)13(20)6-8/h1-2,6-7,11,18-22H,3-5H2. The Labute approximate surface area is 132 Å². The van der Waals surface area contributed by atoms with Crippen molar-refractivity contribution in [1.29, 1.82) is 0 Å². The first-order valence-electron chi connectivity index (χ1n) is 6.95. The Balaban J connectivity index is 1.96. The Morgan fingerprint density at radius 2 is 1.82 bits per heavy atom. The molecule has 1 heterocycles. The van der Waals surface area contributed by atoms with Crippen molar-refractivity contribution in [3.8, 4) is 23.0 Å². The zero-order chi connectivity index (χ0) is 15.9. The molecule has 1 aliphatic rings. The Hall–Kier alpha value is -2.11. The molecule has 3 rings (SSSR count). The minimum Gasteiger partial charge on any atom is -0.504 e. The zero-order valence-electron chi connectivity index (χ0n) is 11.7. The molecule has 0 aliphatic carbocycles. The molecule has 0 radical (unpaired) electrons. The summed E-state index contributed by atoms with van der Waals surface area (Å²) < 4.78 is 0. The SMILES string of the molecule is Oc1ccc(CC2NCCc3c2cc(O)c(O)c3Cl)cc1O. The van der Waals surface area contributed by atoms with Gasteiger partial charge >= 0.3 is 0 Å². The maximum Gasteiger partial charge on any atom is 0.176 e. The van der Waals surface area contributed by atoms with E-state index in [1.54, 1.807) is 6.07 Å². The van der Waals surface area contributed by atoms with Crippen molar-refractivity contribution in [3.05, 3.63) is 46.0 Å². The number of aromatic hydroxyl groups is 4. The number of hydrogen-bond donors (Lipinski definition) is 5. The Morgan fingerprint density at radius 3 is 2.55 bits per heavy atom. The van der Waals surface area contributed by atoms with Gasteiger partial charge in [0.1, 0.15) is 0 Å². The van der Waals surface area contributed by atoms with Crippen LogP contribution in [0.4, 0.5) is 0 Å². The largest absolute Gasteiger partial charge is 0.504 e. The van der Waals surface area contributed by atoms with E-state index in [1.165, 1.54) is 18.2 Å². The number of halogens is 1. The summed E-state index contributed by atoms with van der Waals surface area (Å²) in [5.41, 5.74) is 2.49. The summed E-state index contributed by atoms with van der Waals surface area (Å²) in [4.78, 5) is 0. The van der Waals surface area contributed by atoms with Gasteiger partial charge in [-0.1, -0.05) is 17.7 Å². The maximum absolute atomic E-state index is 9.79. The highest BCUT2D eigenvalue weighted by Gasteiger charge is 2.25. The molecule has 0 fully saturated rings. The lowest BCUT2D eigenvalue weighted by atomic mass is 9.89. The molecule has 0 saturated heterocycles. The molecule has 22 heavy (non-hydrogen) atoms. The summed E-state index contributed by atoms with van der Waals surface area (Å²) in [6.07, 6.45) is 1.22. The van der Waals surface area contributed by atoms with Crippen LogP contribution in [0, 0.1) is 0 Å². The molecule has 1 unspecified atom stereocenters.